The van der Waals surface area contributed by atoms with Gasteiger partial charge in [0.05, 0.1) is 18.8 Å². The first-order valence-electron chi connectivity index (χ1n) is 10.7. The van der Waals surface area contributed by atoms with E-state index in [1.807, 2.05) is 0 Å². The number of fused-ring (bicyclic) bond motifs is 1. The third-order valence-corrected chi connectivity index (χ3v) is 7.42. The fourth-order valence-electron chi connectivity index (χ4n) is 3.92. The molecular weight excluding hydrogens is 458 g/mol. The maximum absolute atomic E-state index is 10.5. The first kappa shape index (κ1) is 22.0. The molecule has 1 saturated carbocycles. The number of β-amino-alcohol motifs (C(OH)–C–C–N with tert-alkyl or cyclic N) is 1. The molecule has 5 heteroatoms. The van der Waals surface area contributed by atoms with Crippen LogP contribution < -0.4 is 5.32 Å². The van der Waals surface area contributed by atoms with Gasteiger partial charge in [0.2, 0.25) is 0 Å². The van der Waals surface area contributed by atoms with Crippen molar-refractivity contribution in [3.05, 3.63) is 68.8 Å². The highest BCUT2D eigenvalue weighted by atomic mass is 79.9. The number of benzene rings is 2. The summed E-state index contributed by atoms with van der Waals surface area (Å²) in [4.78, 5) is 1.25. The molecule has 2 N–H and O–H groups in total. The van der Waals surface area contributed by atoms with Gasteiger partial charge >= 0.3 is 0 Å². The van der Waals surface area contributed by atoms with Crippen LogP contribution in [0.15, 0.2) is 58.4 Å². The standard InChI is InChI=1S/C25H30BrNO2S/c1-25(2,13-17-7-8-18-5-3-4-6-20(18)11-17)27-14-22(28)15-29-24(19-9-10-19)23-12-21(26)16-30-23/h3-8,11-12,16,19,22,24,27-28H,9-10,13-15H2,1-2H3/t22-,24?/m1/s1. The minimum Gasteiger partial charge on any atom is -0.389 e. The Kier molecular flexibility index (Phi) is 6.95. The maximum atomic E-state index is 10.5. The van der Waals surface area contributed by atoms with Crippen LogP contribution >= 0.6 is 27.3 Å². The van der Waals surface area contributed by atoms with Crippen molar-refractivity contribution >= 4 is 38.0 Å². The van der Waals surface area contributed by atoms with Gasteiger partial charge in [-0.25, -0.2) is 0 Å². The van der Waals surface area contributed by atoms with E-state index < -0.39 is 6.10 Å². The lowest BCUT2D eigenvalue weighted by Gasteiger charge is -2.28. The van der Waals surface area contributed by atoms with Crippen molar-refractivity contribution in [3.63, 3.8) is 0 Å². The van der Waals surface area contributed by atoms with Gasteiger partial charge in [-0.15, -0.1) is 11.3 Å². The second-order valence-corrected chi connectivity index (χ2v) is 10.9. The van der Waals surface area contributed by atoms with Crippen molar-refractivity contribution < 1.29 is 9.84 Å². The van der Waals surface area contributed by atoms with Crippen LogP contribution in [0.4, 0.5) is 0 Å². The van der Waals surface area contributed by atoms with Crippen molar-refractivity contribution in [1.82, 2.24) is 5.32 Å². The van der Waals surface area contributed by atoms with Crippen LogP contribution in [0.2, 0.25) is 0 Å². The summed E-state index contributed by atoms with van der Waals surface area (Å²) in [5.41, 5.74) is 1.19. The van der Waals surface area contributed by atoms with Gasteiger partial charge in [-0.2, -0.15) is 0 Å². The molecule has 3 nitrogen and oxygen atoms in total. The zero-order chi connectivity index (χ0) is 21.1. The Balaban J connectivity index is 1.28. The van der Waals surface area contributed by atoms with E-state index in [9.17, 15) is 5.11 Å². The second kappa shape index (κ2) is 9.49. The summed E-state index contributed by atoms with van der Waals surface area (Å²) in [6.07, 6.45) is 2.92. The number of hydrogen-bond donors (Lipinski definition) is 2. The minimum absolute atomic E-state index is 0.113. The number of aliphatic hydroxyl groups is 1. The van der Waals surface area contributed by atoms with Gasteiger partial charge in [-0.05, 0) is 77.4 Å². The SMILES string of the molecule is CC(C)(Cc1ccc2ccccc2c1)NC[C@@H](O)COC(c1cc(Br)cs1)C1CC1. The van der Waals surface area contributed by atoms with Crippen molar-refractivity contribution in [1.29, 1.82) is 0 Å². The maximum Gasteiger partial charge on any atom is 0.0946 e. The first-order valence-corrected chi connectivity index (χ1v) is 12.3. The molecule has 0 aliphatic heterocycles. The van der Waals surface area contributed by atoms with E-state index in [-0.39, 0.29) is 11.6 Å². The molecule has 1 unspecified atom stereocenters. The molecule has 3 aromatic rings. The zero-order valence-electron chi connectivity index (χ0n) is 17.6. The highest BCUT2D eigenvalue weighted by Crippen LogP contribution is 2.45. The van der Waals surface area contributed by atoms with E-state index in [4.69, 9.17) is 4.74 Å². The van der Waals surface area contributed by atoms with Crippen LogP contribution in [0.3, 0.4) is 0 Å². The molecular formula is C25H30BrNO2S. The van der Waals surface area contributed by atoms with Gasteiger partial charge in [0, 0.05) is 26.8 Å². The summed E-state index contributed by atoms with van der Waals surface area (Å²) in [5, 5.41) is 18.7. The van der Waals surface area contributed by atoms with E-state index in [1.165, 1.54) is 34.1 Å². The van der Waals surface area contributed by atoms with Gasteiger partial charge in [-0.1, -0.05) is 42.5 Å². The normalized spacial score (nSPS) is 16.7. The summed E-state index contributed by atoms with van der Waals surface area (Å²) >= 11 is 5.26. The van der Waals surface area contributed by atoms with Gasteiger partial charge in [-0.3, -0.25) is 0 Å². The summed E-state index contributed by atoms with van der Waals surface area (Å²) in [7, 11) is 0. The predicted molar refractivity (Wildman–Crippen MR) is 129 cm³/mol. The first-order chi connectivity index (χ1) is 14.4. The highest BCUT2D eigenvalue weighted by molar-refractivity contribution is 9.10. The van der Waals surface area contributed by atoms with Gasteiger partial charge in [0.1, 0.15) is 0 Å². The molecule has 0 amide bonds. The fourth-order valence-corrected chi connectivity index (χ4v) is 5.50. The Labute approximate surface area is 191 Å². The Morgan fingerprint density at radius 2 is 1.93 bits per heavy atom. The van der Waals surface area contributed by atoms with Crippen molar-refractivity contribution in [3.8, 4) is 0 Å². The number of rotatable bonds is 10. The van der Waals surface area contributed by atoms with Crippen molar-refractivity contribution in [2.24, 2.45) is 5.92 Å². The molecule has 0 spiro atoms. The molecule has 2 atom stereocenters. The van der Waals surface area contributed by atoms with E-state index in [0.29, 0.717) is 19.1 Å². The molecule has 1 fully saturated rings. The molecule has 1 aliphatic carbocycles. The molecule has 4 rings (SSSR count). The predicted octanol–water partition coefficient (Wildman–Crippen LogP) is 6.10. The molecule has 160 valence electrons. The molecule has 1 aliphatic rings. The molecule has 1 aromatic heterocycles. The lowest BCUT2D eigenvalue weighted by atomic mass is 9.93. The number of ether oxygens (including phenoxy) is 1. The third kappa shape index (κ3) is 5.92. The molecule has 2 aromatic carbocycles. The number of nitrogens with one attached hydrogen (secondary N) is 1. The van der Waals surface area contributed by atoms with E-state index in [0.717, 1.165) is 10.9 Å². The minimum atomic E-state index is -0.523. The third-order valence-electron chi connectivity index (χ3n) is 5.66. The number of thiophene rings is 1. The van der Waals surface area contributed by atoms with E-state index in [2.05, 4.69) is 89.0 Å². The molecule has 0 bridgehead atoms. The van der Waals surface area contributed by atoms with E-state index in [1.54, 1.807) is 11.3 Å². The summed E-state index contributed by atoms with van der Waals surface area (Å²) in [6, 6.07) is 17.2. The fraction of sp³-hybridized carbons (Fsp3) is 0.440. The highest BCUT2D eigenvalue weighted by Gasteiger charge is 2.34. The number of halogens is 1. The molecule has 30 heavy (non-hydrogen) atoms. The molecule has 0 saturated heterocycles. The van der Waals surface area contributed by atoms with Crippen LogP contribution in [0.5, 0.6) is 0 Å². The van der Waals surface area contributed by atoms with E-state index >= 15 is 0 Å². The topological polar surface area (TPSA) is 41.5 Å². The van der Waals surface area contributed by atoms with Crippen LogP contribution in [0.25, 0.3) is 10.8 Å². The molecule has 1 heterocycles. The van der Waals surface area contributed by atoms with Crippen LogP contribution in [-0.2, 0) is 11.2 Å². The van der Waals surface area contributed by atoms with Crippen LogP contribution in [-0.4, -0.2) is 29.9 Å². The molecule has 0 radical (unpaired) electrons. The van der Waals surface area contributed by atoms with Crippen molar-refractivity contribution in [2.45, 2.75) is 50.9 Å². The average molecular weight is 488 g/mol. The summed E-state index contributed by atoms with van der Waals surface area (Å²) in [6.45, 7) is 5.25. The summed E-state index contributed by atoms with van der Waals surface area (Å²) < 4.78 is 7.26. The number of hydrogen-bond acceptors (Lipinski definition) is 4. The van der Waals surface area contributed by atoms with Gasteiger partial charge in [0.25, 0.3) is 0 Å². The van der Waals surface area contributed by atoms with Gasteiger partial charge < -0.3 is 15.2 Å². The Hall–Kier alpha value is -1.24. The van der Waals surface area contributed by atoms with Crippen molar-refractivity contribution in [2.75, 3.05) is 13.2 Å². The Morgan fingerprint density at radius 3 is 2.63 bits per heavy atom. The lowest BCUT2D eigenvalue weighted by Crippen LogP contribution is -2.46. The Bertz CT molecular complexity index is 982. The second-order valence-electron chi connectivity index (χ2n) is 9.04. The Morgan fingerprint density at radius 1 is 1.17 bits per heavy atom. The smallest absolute Gasteiger partial charge is 0.0946 e. The quantitative estimate of drug-likeness (QED) is 0.362. The van der Waals surface area contributed by atoms with Crippen LogP contribution in [0, 0.1) is 5.92 Å². The lowest BCUT2D eigenvalue weighted by molar-refractivity contribution is -0.0196. The van der Waals surface area contributed by atoms with Crippen LogP contribution in [0.1, 0.15) is 43.2 Å². The van der Waals surface area contributed by atoms with Gasteiger partial charge in [0.15, 0.2) is 0 Å². The summed E-state index contributed by atoms with van der Waals surface area (Å²) in [5.74, 6) is 0.597. The number of aliphatic hydroxyl groups excluding tert-OH is 1. The largest absolute Gasteiger partial charge is 0.389 e. The zero-order valence-corrected chi connectivity index (χ0v) is 20.0. The monoisotopic (exact) mass is 487 g/mol. The average Bonchev–Trinajstić information content (AvgIpc) is 3.47.